The van der Waals surface area contributed by atoms with Crippen LogP contribution in [0.2, 0.25) is 0 Å². The molecule has 2 N–H and O–H groups in total. The highest BCUT2D eigenvalue weighted by Crippen LogP contribution is 2.32. The second-order valence-corrected chi connectivity index (χ2v) is 5.39. The van der Waals surface area contributed by atoms with E-state index in [1.54, 1.807) is 30.3 Å². The van der Waals surface area contributed by atoms with E-state index in [2.05, 4.69) is 4.98 Å². The molecule has 0 aliphatic heterocycles. The van der Waals surface area contributed by atoms with Crippen LogP contribution in [0, 0.1) is 0 Å². The predicted octanol–water partition coefficient (Wildman–Crippen LogP) is 3.36. The van der Waals surface area contributed by atoms with Gasteiger partial charge < -0.3 is 10.2 Å². The van der Waals surface area contributed by atoms with E-state index >= 15 is 0 Å². The third-order valence-corrected chi connectivity index (χ3v) is 4.07. The van der Waals surface area contributed by atoms with Gasteiger partial charge in [0.05, 0.1) is 21.3 Å². The summed E-state index contributed by atoms with van der Waals surface area (Å²) in [5.41, 5.74) is 1.54. The summed E-state index contributed by atoms with van der Waals surface area (Å²) in [7, 11) is 0. The Morgan fingerprint density at radius 3 is 2.48 bits per heavy atom. The molecule has 0 unspecified atom stereocenters. The van der Waals surface area contributed by atoms with Gasteiger partial charge in [-0.3, -0.25) is 0 Å². The van der Waals surface area contributed by atoms with Crippen LogP contribution in [0.3, 0.4) is 0 Å². The lowest BCUT2D eigenvalue weighted by Gasteiger charge is -2.01. The summed E-state index contributed by atoms with van der Waals surface area (Å²) in [4.78, 5) is 26.6. The van der Waals surface area contributed by atoms with Gasteiger partial charge in [-0.05, 0) is 24.3 Å². The summed E-state index contributed by atoms with van der Waals surface area (Å²) in [6, 6.07) is 11.3. The smallest absolute Gasteiger partial charge is 0.336 e. The molecular weight excluding hydrogens is 290 g/mol. The van der Waals surface area contributed by atoms with E-state index in [1.165, 1.54) is 23.5 Å². The van der Waals surface area contributed by atoms with E-state index in [1.807, 2.05) is 0 Å². The maximum absolute atomic E-state index is 11.3. The number of hydrogen-bond acceptors (Lipinski definition) is 4. The molecule has 0 bridgehead atoms. The maximum atomic E-state index is 11.3. The molecule has 3 aromatic rings. The van der Waals surface area contributed by atoms with Crippen molar-refractivity contribution < 1.29 is 19.8 Å². The van der Waals surface area contributed by atoms with E-state index in [0.29, 0.717) is 20.8 Å². The molecule has 0 atom stereocenters. The number of thiazole rings is 1. The first-order valence-electron chi connectivity index (χ1n) is 6.03. The maximum Gasteiger partial charge on any atom is 0.336 e. The Kier molecular flexibility index (Phi) is 3.15. The van der Waals surface area contributed by atoms with Crippen molar-refractivity contribution in [2.45, 2.75) is 0 Å². The zero-order valence-electron chi connectivity index (χ0n) is 10.6. The monoisotopic (exact) mass is 299 g/mol. The van der Waals surface area contributed by atoms with Gasteiger partial charge in [0.15, 0.2) is 0 Å². The lowest BCUT2D eigenvalue weighted by atomic mass is 10.1. The lowest BCUT2D eigenvalue weighted by Crippen LogP contribution is -1.98. The topological polar surface area (TPSA) is 87.5 Å². The van der Waals surface area contributed by atoms with Crippen LogP contribution in [0.1, 0.15) is 20.7 Å². The van der Waals surface area contributed by atoms with Crippen molar-refractivity contribution in [1.29, 1.82) is 0 Å². The molecule has 104 valence electrons. The van der Waals surface area contributed by atoms with Gasteiger partial charge in [0.1, 0.15) is 5.01 Å². The second-order valence-electron chi connectivity index (χ2n) is 4.36. The number of carboxylic acids is 2. The number of aromatic carboxylic acids is 2. The van der Waals surface area contributed by atoms with Crippen molar-refractivity contribution in [1.82, 2.24) is 4.98 Å². The summed E-state index contributed by atoms with van der Waals surface area (Å²) >= 11 is 1.28. The van der Waals surface area contributed by atoms with Crippen LogP contribution in [0.15, 0.2) is 42.5 Å². The average molecular weight is 299 g/mol. The largest absolute Gasteiger partial charge is 0.478 e. The molecule has 1 heterocycles. The molecule has 0 aliphatic rings. The lowest BCUT2D eigenvalue weighted by molar-refractivity contribution is 0.0686. The van der Waals surface area contributed by atoms with Crippen molar-refractivity contribution in [3.8, 4) is 10.6 Å². The van der Waals surface area contributed by atoms with Gasteiger partial charge in [0.2, 0.25) is 0 Å². The highest BCUT2D eigenvalue weighted by atomic mass is 32.1. The SMILES string of the molecule is O=C(O)c1ccc2nc(-c3ccccc3C(=O)O)sc2c1. The fourth-order valence-corrected chi connectivity index (χ4v) is 3.07. The van der Waals surface area contributed by atoms with E-state index in [4.69, 9.17) is 5.11 Å². The Bertz CT molecular complexity index is 869. The molecule has 2 aromatic carbocycles. The minimum atomic E-state index is -1.02. The van der Waals surface area contributed by atoms with Crippen LogP contribution in [-0.4, -0.2) is 27.1 Å². The summed E-state index contributed by atoms with van der Waals surface area (Å²) in [6.45, 7) is 0. The second kappa shape index (κ2) is 4.99. The van der Waals surface area contributed by atoms with Gasteiger partial charge in [-0.25, -0.2) is 14.6 Å². The van der Waals surface area contributed by atoms with Crippen molar-refractivity contribution >= 4 is 33.5 Å². The fraction of sp³-hybridized carbons (Fsp3) is 0. The molecule has 21 heavy (non-hydrogen) atoms. The van der Waals surface area contributed by atoms with Crippen LogP contribution in [-0.2, 0) is 0 Å². The Hall–Kier alpha value is -2.73. The minimum Gasteiger partial charge on any atom is -0.478 e. The van der Waals surface area contributed by atoms with Gasteiger partial charge in [0, 0.05) is 5.56 Å². The highest BCUT2D eigenvalue weighted by molar-refractivity contribution is 7.21. The van der Waals surface area contributed by atoms with Gasteiger partial charge >= 0.3 is 11.9 Å². The van der Waals surface area contributed by atoms with E-state index in [0.717, 1.165) is 0 Å². The molecule has 5 nitrogen and oxygen atoms in total. The highest BCUT2D eigenvalue weighted by Gasteiger charge is 2.15. The van der Waals surface area contributed by atoms with Crippen molar-refractivity contribution in [3.63, 3.8) is 0 Å². The number of carboxylic acid groups (broad SMARTS) is 2. The molecule has 0 saturated carbocycles. The fourth-order valence-electron chi connectivity index (χ4n) is 2.03. The first-order chi connectivity index (χ1) is 10.1. The molecule has 6 heteroatoms. The van der Waals surface area contributed by atoms with Crippen molar-refractivity contribution in [2.75, 3.05) is 0 Å². The van der Waals surface area contributed by atoms with Crippen LogP contribution >= 0.6 is 11.3 Å². The van der Waals surface area contributed by atoms with Crippen LogP contribution in [0.25, 0.3) is 20.8 Å². The Labute approximate surface area is 123 Å². The molecule has 1 aromatic heterocycles. The molecule has 3 rings (SSSR count). The number of nitrogens with zero attached hydrogens (tertiary/aromatic N) is 1. The molecule has 0 radical (unpaired) electrons. The Morgan fingerprint density at radius 2 is 1.76 bits per heavy atom. The van der Waals surface area contributed by atoms with Crippen LogP contribution in [0.4, 0.5) is 0 Å². The molecule has 0 saturated heterocycles. The molecule has 0 amide bonds. The summed E-state index contributed by atoms with van der Waals surface area (Å²) in [5, 5.41) is 18.8. The van der Waals surface area contributed by atoms with E-state index < -0.39 is 11.9 Å². The third kappa shape index (κ3) is 2.36. The quantitative estimate of drug-likeness (QED) is 0.774. The van der Waals surface area contributed by atoms with Crippen molar-refractivity contribution in [3.05, 3.63) is 53.6 Å². The first-order valence-corrected chi connectivity index (χ1v) is 6.84. The van der Waals surface area contributed by atoms with Gasteiger partial charge in [-0.2, -0.15) is 0 Å². The number of carbonyl (C=O) groups is 2. The van der Waals surface area contributed by atoms with E-state index in [-0.39, 0.29) is 11.1 Å². The number of hydrogen-bond donors (Lipinski definition) is 2. The molecule has 0 spiro atoms. The zero-order chi connectivity index (χ0) is 15.0. The molecule has 0 fully saturated rings. The van der Waals surface area contributed by atoms with Gasteiger partial charge in [-0.15, -0.1) is 11.3 Å². The zero-order valence-corrected chi connectivity index (χ0v) is 11.4. The predicted molar refractivity (Wildman–Crippen MR) is 79.0 cm³/mol. The van der Waals surface area contributed by atoms with E-state index in [9.17, 15) is 14.7 Å². The van der Waals surface area contributed by atoms with Crippen LogP contribution in [0.5, 0.6) is 0 Å². The summed E-state index contributed by atoms with van der Waals surface area (Å²) in [5.74, 6) is -2.02. The average Bonchev–Trinajstić information content (AvgIpc) is 2.89. The number of benzene rings is 2. The number of rotatable bonds is 3. The number of fused-ring (bicyclic) bond motifs is 1. The number of aromatic nitrogens is 1. The Balaban J connectivity index is 2.18. The van der Waals surface area contributed by atoms with Gasteiger partial charge in [-0.1, -0.05) is 18.2 Å². The summed E-state index contributed by atoms with van der Waals surface area (Å²) in [6.07, 6.45) is 0. The van der Waals surface area contributed by atoms with Crippen molar-refractivity contribution in [2.24, 2.45) is 0 Å². The van der Waals surface area contributed by atoms with Gasteiger partial charge in [0.25, 0.3) is 0 Å². The van der Waals surface area contributed by atoms with Crippen LogP contribution < -0.4 is 0 Å². The minimum absolute atomic E-state index is 0.176. The Morgan fingerprint density at radius 1 is 1.00 bits per heavy atom. The standard InChI is InChI=1S/C15H9NO4S/c17-14(18)8-5-6-11-12(7-8)21-13(16-11)9-3-1-2-4-10(9)15(19)20/h1-7H,(H,17,18)(H,19,20). The first kappa shape index (κ1) is 13.3. The molecular formula is C15H9NO4S. The third-order valence-electron chi connectivity index (χ3n) is 3.02. The summed E-state index contributed by atoms with van der Waals surface area (Å²) < 4.78 is 0.713. The normalized spacial score (nSPS) is 10.7. The molecule has 0 aliphatic carbocycles.